The Labute approximate surface area is 64.5 Å². The van der Waals surface area contributed by atoms with Crippen molar-refractivity contribution < 1.29 is 19.1 Å². The smallest absolute Gasteiger partial charge is 0.338 e. The first kappa shape index (κ1) is 8.20. The molecule has 11 heavy (non-hydrogen) atoms. The lowest BCUT2D eigenvalue weighted by Gasteiger charge is -2.14. The van der Waals surface area contributed by atoms with E-state index in [0.717, 1.165) is 0 Å². The summed E-state index contributed by atoms with van der Waals surface area (Å²) in [5, 5.41) is 0. The van der Waals surface area contributed by atoms with Crippen molar-refractivity contribution >= 4 is 12.3 Å². The Balaban J connectivity index is 2.59. The molecule has 1 fully saturated rings. The fourth-order valence-electron chi connectivity index (χ4n) is 0.923. The normalized spacial score (nSPS) is 28.2. The van der Waals surface area contributed by atoms with Crippen LogP contribution < -0.4 is 0 Å². The monoisotopic (exact) mass is 157 g/mol. The molecule has 0 aliphatic carbocycles. The zero-order chi connectivity index (χ0) is 8.48. The van der Waals surface area contributed by atoms with E-state index in [0.29, 0.717) is 0 Å². The van der Waals surface area contributed by atoms with Crippen LogP contribution in [-0.2, 0) is 19.1 Å². The second-order valence-corrected chi connectivity index (χ2v) is 2.78. The van der Waals surface area contributed by atoms with Crippen LogP contribution in [0.25, 0.3) is 0 Å². The highest BCUT2D eigenvalue weighted by molar-refractivity contribution is 5.79. The molecule has 0 saturated carbocycles. The van der Waals surface area contributed by atoms with Gasteiger partial charge in [0.05, 0.1) is 6.42 Å². The van der Waals surface area contributed by atoms with Gasteiger partial charge in [0.25, 0.3) is 0 Å². The van der Waals surface area contributed by atoms with Crippen LogP contribution in [0.1, 0.15) is 20.3 Å². The summed E-state index contributed by atoms with van der Waals surface area (Å²) >= 11 is 0. The molecule has 0 unspecified atom stereocenters. The minimum absolute atomic E-state index is 0.0533. The van der Waals surface area contributed by atoms with Gasteiger partial charge in [-0.05, 0) is 0 Å². The van der Waals surface area contributed by atoms with Crippen molar-refractivity contribution in [3.8, 4) is 0 Å². The predicted octanol–water partition coefficient (Wildman–Crippen LogP) is 0.164. The zero-order valence-electron chi connectivity index (χ0n) is 6.42. The molecule has 0 aromatic heterocycles. The molecule has 1 atom stereocenters. The molecule has 0 spiro atoms. The molecule has 1 radical (unpaired) electrons. The Bertz CT molecular complexity index is 185. The Morgan fingerprint density at radius 1 is 1.64 bits per heavy atom. The number of rotatable bonds is 2. The van der Waals surface area contributed by atoms with Crippen molar-refractivity contribution in [1.82, 2.24) is 0 Å². The molecule has 0 aromatic carbocycles. The molecule has 0 amide bonds. The standard InChI is InChI=1S/C7H9O4/c1-7(2)10-5(3-4-8)6(9)11-7/h5H,3H2,1-2H3/t5-/m0/s1. The second-order valence-electron chi connectivity index (χ2n) is 2.78. The van der Waals surface area contributed by atoms with E-state index in [1.54, 1.807) is 20.1 Å². The summed E-state index contributed by atoms with van der Waals surface area (Å²) in [5.74, 6) is -1.38. The Kier molecular flexibility index (Phi) is 1.95. The van der Waals surface area contributed by atoms with Gasteiger partial charge in [0.1, 0.15) is 0 Å². The van der Waals surface area contributed by atoms with Gasteiger partial charge in [-0.2, -0.15) is 0 Å². The molecule has 1 aliphatic heterocycles. The highest BCUT2D eigenvalue weighted by atomic mass is 16.8. The van der Waals surface area contributed by atoms with Crippen LogP contribution >= 0.6 is 0 Å². The third kappa shape index (κ3) is 1.77. The molecule has 0 bridgehead atoms. The number of carbonyl (C=O) groups is 1. The maximum absolute atomic E-state index is 10.9. The molecule has 0 aromatic rings. The van der Waals surface area contributed by atoms with E-state index < -0.39 is 17.9 Å². The first-order chi connectivity index (χ1) is 5.05. The van der Waals surface area contributed by atoms with Crippen LogP contribution in [0.5, 0.6) is 0 Å². The van der Waals surface area contributed by atoms with Gasteiger partial charge in [0.15, 0.2) is 6.10 Å². The molecular weight excluding hydrogens is 148 g/mol. The summed E-state index contributed by atoms with van der Waals surface area (Å²) in [5.41, 5.74) is 0. The first-order valence-electron chi connectivity index (χ1n) is 3.31. The summed E-state index contributed by atoms with van der Waals surface area (Å²) in [7, 11) is 0. The number of ether oxygens (including phenoxy) is 2. The highest BCUT2D eigenvalue weighted by Crippen LogP contribution is 2.24. The Hall–Kier alpha value is -0.900. The molecule has 4 nitrogen and oxygen atoms in total. The van der Waals surface area contributed by atoms with E-state index in [1.807, 2.05) is 0 Å². The minimum atomic E-state index is -0.890. The van der Waals surface area contributed by atoms with Crippen molar-refractivity contribution in [2.45, 2.75) is 32.2 Å². The third-order valence-corrected chi connectivity index (χ3v) is 1.30. The van der Waals surface area contributed by atoms with Gasteiger partial charge in [-0.1, -0.05) is 0 Å². The van der Waals surface area contributed by atoms with Gasteiger partial charge in [0, 0.05) is 13.8 Å². The Morgan fingerprint density at radius 3 is 2.64 bits per heavy atom. The van der Waals surface area contributed by atoms with Gasteiger partial charge in [-0.3, -0.25) is 4.79 Å². The SMILES string of the molecule is CC1(C)OC(=O)[C@H](C[C]=O)O1. The van der Waals surface area contributed by atoms with Crippen molar-refractivity contribution in [1.29, 1.82) is 0 Å². The van der Waals surface area contributed by atoms with Crippen LogP contribution in [0.4, 0.5) is 0 Å². The number of cyclic esters (lactones) is 1. The van der Waals surface area contributed by atoms with Crippen molar-refractivity contribution in [2.75, 3.05) is 0 Å². The molecule has 1 rings (SSSR count). The molecule has 1 aliphatic rings. The first-order valence-corrected chi connectivity index (χ1v) is 3.31. The lowest BCUT2D eigenvalue weighted by Crippen LogP contribution is -2.21. The van der Waals surface area contributed by atoms with Gasteiger partial charge in [-0.15, -0.1) is 0 Å². The minimum Gasteiger partial charge on any atom is -0.432 e. The topological polar surface area (TPSA) is 52.6 Å². The maximum atomic E-state index is 10.9. The maximum Gasteiger partial charge on any atom is 0.338 e. The number of carbonyl (C=O) groups excluding carboxylic acids is 2. The molecule has 0 N–H and O–H groups in total. The van der Waals surface area contributed by atoms with Gasteiger partial charge < -0.3 is 9.47 Å². The number of esters is 1. The van der Waals surface area contributed by atoms with E-state index in [4.69, 9.17) is 9.47 Å². The Morgan fingerprint density at radius 2 is 2.27 bits per heavy atom. The number of hydrogen-bond donors (Lipinski definition) is 0. The summed E-state index contributed by atoms with van der Waals surface area (Å²) in [6.07, 6.45) is 0.787. The largest absolute Gasteiger partial charge is 0.432 e. The summed E-state index contributed by atoms with van der Waals surface area (Å²) < 4.78 is 9.84. The molecule has 1 heterocycles. The molecule has 61 valence electrons. The second kappa shape index (κ2) is 2.62. The highest BCUT2D eigenvalue weighted by Gasteiger charge is 2.40. The average Bonchev–Trinajstić information content (AvgIpc) is 2.07. The third-order valence-electron chi connectivity index (χ3n) is 1.30. The fraction of sp³-hybridized carbons (Fsp3) is 0.714. The zero-order valence-corrected chi connectivity index (χ0v) is 6.42. The lowest BCUT2D eigenvalue weighted by atomic mass is 10.3. The van der Waals surface area contributed by atoms with Gasteiger partial charge >= 0.3 is 5.97 Å². The van der Waals surface area contributed by atoms with Gasteiger partial charge in [-0.25, -0.2) is 4.79 Å². The van der Waals surface area contributed by atoms with Gasteiger partial charge in [0.2, 0.25) is 12.1 Å². The summed E-state index contributed by atoms with van der Waals surface area (Å²) in [4.78, 5) is 20.8. The van der Waals surface area contributed by atoms with E-state index in [1.165, 1.54) is 0 Å². The van der Waals surface area contributed by atoms with Crippen LogP contribution in [0.2, 0.25) is 0 Å². The van der Waals surface area contributed by atoms with Crippen LogP contribution in [0, 0.1) is 0 Å². The molecule has 4 heteroatoms. The quantitative estimate of drug-likeness (QED) is 0.536. The van der Waals surface area contributed by atoms with Crippen molar-refractivity contribution in [2.24, 2.45) is 0 Å². The number of hydrogen-bond acceptors (Lipinski definition) is 4. The lowest BCUT2D eigenvalue weighted by molar-refractivity contribution is -0.160. The summed E-state index contributed by atoms with van der Waals surface area (Å²) in [6, 6.07) is 0. The molecule has 1 saturated heterocycles. The van der Waals surface area contributed by atoms with Crippen LogP contribution in [0.3, 0.4) is 0 Å². The average molecular weight is 157 g/mol. The van der Waals surface area contributed by atoms with E-state index >= 15 is 0 Å². The van der Waals surface area contributed by atoms with Crippen LogP contribution in [0.15, 0.2) is 0 Å². The fourth-order valence-corrected chi connectivity index (χ4v) is 0.923. The van der Waals surface area contributed by atoms with Crippen molar-refractivity contribution in [3.05, 3.63) is 0 Å². The van der Waals surface area contributed by atoms with Crippen molar-refractivity contribution in [3.63, 3.8) is 0 Å². The predicted molar refractivity (Wildman–Crippen MR) is 35.4 cm³/mol. The molecular formula is C7H9O4. The van der Waals surface area contributed by atoms with E-state index in [2.05, 4.69) is 0 Å². The summed E-state index contributed by atoms with van der Waals surface area (Å²) in [6.45, 7) is 3.24. The van der Waals surface area contributed by atoms with Crippen LogP contribution in [-0.4, -0.2) is 24.1 Å². The van der Waals surface area contributed by atoms with E-state index in [9.17, 15) is 9.59 Å². The van der Waals surface area contributed by atoms with E-state index in [-0.39, 0.29) is 6.42 Å².